The Balaban J connectivity index is 2.22. The fraction of sp³-hybridized carbons (Fsp3) is 0.692. The quantitative estimate of drug-likeness (QED) is 0.861. The molecule has 1 aromatic rings. The summed E-state index contributed by atoms with van der Waals surface area (Å²) in [6.07, 6.45) is 4.08. The number of likely N-dealkylation sites (N-methyl/N-ethyl adjacent to an activating group) is 1. The Morgan fingerprint density at radius 1 is 1.44 bits per heavy atom. The summed E-state index contributed by atoms with van der Waals surface area (Å²) in [5.41, 5.74) is 6.56. The van der Waals surface area contributed by atoms with Crippen molar-refractivity contribution in [2.75, 3.05) is 31.6 Å². The van der Waals surface area contributed by atoms with Gasteiger partial charge in [0.25, 0.3) is 0 Å². The molecule has 1 aromatic heterocycles. The third-order valence-corrected chi connectivity index (χ3v) is 3.54. The molecule has 0 aromatic carbocycles. The van der Waals surface area contributed by atoms with Crippen molar-refractivity contribution in [2.24, 2.45) is 5.73 Å². The summed E-state index contributed by atoms with van der Waals surface area (Å²) < 4.78 is 0. The summed E-state index contributed by atoms with van der Waals surface area (Å²) in [6, 6.07) is 2.37. The SMILES string of the molecule is CCC1CN(C)CCCN1c1nccc(CN)n1. The van der Waals surface area contributed by atoms with Gasteiger partial charge in [-0.3, -0.25) is 0 Å². The van der Waals surface area contributed by atoms with Crippen LogP contribution in [0.4, 0.5) is 5.95 Å². The van der Waals surface area contributed by atoms with Crippen molar-refractivity contribution >= 4 is 5.95 Å². The van der Waals surface area contributed by atoms with E-state index in [1.807, 2.05) is 12.3 Å². The van der Waals surface area contributed by atoms with E-state index >= 15 is 0 Å². The van der Waals surface area contributed by atoms with Crippen LogP contribution in [0.3, 0.4) is 0 Å². The molecule has 1 fully saturated rings. The van der Waals surface area contributed by atoms with E-state index in [0.717, 1.165) is 44.1 Å². The molecule has 0 aliphatic carbocycles. The Morgan fingerprint density at radius 2 is 2.28 bits per heavy atom. The number of hydrogen-bond acceptors (Lipinski definition) is 5. The zero-order valence-corrected chi connectivity index (χ0v) is 11.3. The number of aromatic nitrogens is 2. The van der Waals surface area contributed by atoms with Crippen LogP contribution in [0, 0.1) is 0 Å². The molecule has 0 bridgehead atoms. The Hall–Kier alpha value is -1.20. The lowest BCUT2D eigenvalue weighted by atomic mass is 10.2. The molecule has 5 nitrogen and oxygen atoms in total. The van der Waals surface area contributed by atoms with Crippen molar-refractivity contribution in [1.82, 2.24) is 14.9 Å². The minimum absolute atomic E-state index is 0.472. The molecule has 100 valence electrons. The number of hydrogen-bond donors (Lipinski definition) is 1. The van der Waals surface area contributed by atoms with E-state index in [2.05, 4.69) is 33.7 Å². The lowest BCUT2D eigenvalue weighted by Crippen LogP contribution is -2.40. The summed E-state index contributed by atoms with van der Waals surface area (Å²) >= 11 is 0. The highest BCUT2D eigenvalue weighted by Crippen LogP contribution is 2.18. The van der Waals surface area contributed by atoms with Crippen LogP contribution in [-0.2, 0) is 6.54 Å². The lowest BCUT2D eigenvalue weighted by molar-refractivity contribution is 0.327. The molecule has 2 N–H and O–H groups in total. The standard InChI is InChI=1S/C13H23N5/c1-3-12-10-17(2)7-4-8-18(12)13-15-6-5-11(9-14)16-13/h5-6,12H,3-4,7-10,14H2,1-2H3. The van der Waals surface area contributed by atoms with Crippen LogP contribution in [-0.4, -0.2) is 47.6 Å². The molecule has 0 radical (unpaired) electrons. The van der Waals surface area contributed by atoms with Crippen molar-refractivity contribution in [1.29, 1.82) is 0 Å². The molecule has 0 spiro atoms. The topological polar surface area (TPSA) is 58.3 Å². The molecule has 1 atom stereocenters. The fourth-order valence-corrected chi connectivity index (χ4v) is 2.49. The Morgan fingerprint density at radius 3 is 3.00 bits per heavy atom. The predicted octanol–water partition coefficient (Wildman–Crippen LogP) is 0.856. The van der Waals surface area contributed by atoms with E-state index in [-0.39, 0.29) is 0 Å². The fourth-order valence-electron chi connectivity index (χ4n) is 2.49. The highest BCUT2D eigenvalue weighted by atomic mass is 15.3. The summed E-state index contributed by atoms with van der Waals surface area (Å²) in [7, 11) is 2.18. The molecule has 2 heterocycles. The van der Waals surface area contributed by atoms with Crippen molar-refractivity contribution in [3.05, 3.63) is 18.0 Å². The van der Waals surface area contributed by atoms with Gasteiger partial charge in [0.2, 0.25) is 5.95 Å². The van der Waals surface area contributed by atoms with Gasteiger partial charge in [-0.2, -0.15) is 0 Å². The normalized spacial score (nSPS) is 21.9. The summed E-state index contributed by atoms with van der Waals surface area (Å²) in [4.78, 5) is 13.7. The lowest BCUT2D eigenvalue weighted by Gasteiger charge is -2.30. The van der Waals surface area contributed by atoms with E-state index in [1.165, 1.54) is 0 Å². The average molecular weight is 249 g/mol. The molecule has 0 saturated carbocycles. The highest BCUT2D eigenvalue weighted by molar-refractivity contribution is 5.32. The van der Waals surface area contributed by atoms with Gasteiger partial charge >= 0.3 is 0 Å². The van der Waals surface area contributed by atoms with Crippen LogP contribution < -0.4 is 10.6 Å². The van der Waals surface area contributed by atoms with Crippen LogP contribution in [0.1, 0.15) is 25.5 Å². The van der Waals surface area contributed by atoms with E-state index in [9.17, 15) is 0 Å². The van der Waals surface area contributed by atoms with Gasteiger partial charge in [-0.15, -0.1) is 0 Å². The molecule has 0 amide bonds. The van der Waals surface area contributed by atoms with Gasteiger partial charge in [0.15, 0.2) is 0 Å². The zero-order chi connectivity index (χ0) is 13.0. The van der Waals surface area contributed by atoms with E-state index < -0.39 is 0 Å². The van der Waals surface area contributed by atoms with Crippen LogP contribution in [0.25, 0.3) is 0 Å². The first-order valence-corrected chi connectivity index (χ1v) is 6.71. The van der Waals surface area contributed by atoms with Gasteiger partial charge in [0.05, 0.1) is 5.69 Å². The summed E-state index contributed by atoms with van der Waals surface area (Å²) in [5.74, 6) is 0.833. The Bertz CT molecular complexity index is 381. The van der Waals surface area contributed by atoms with Crippen LogP contribution >= 0.6 is 0 Å². The first-order chi connectivity index (χ1) is 8.74. The molecule has 2 rings (SSSR count). The second-order valence-electron chi connectivity index (χ2n) is 4.92. The summed E-state index contributed by atoms with van der Waals surface area (Å²) in [6.45, 7) is 5.94. The van der Waals surface area contributed by atoms with Gasteiger partial charge in [-0.25, -0.2) is 9.97 Å². The van der Waals surface area contributed by atoms with Gasteiger partial charge in [0, 0.05) is 31.9 Å². The predicted molar refractivity (Wildman–Crippen MR) is 73.5 cm³/mol. The van der Waals surface area contributed by atoms with Crippen molar-refractivity contribution in [3.63, 3.8) is 0 Å². The zero-order valence-electron chi connectivity index (χ0n) is 11.3. The largest absolute Gasteiger partial charge is 0.337 e. The maximum atomic E-state index is 5.65. The number of rotatable bonds is 3. The Kier molecular flexibility index (Phi) is 4.49. The van der Waals surface area contributed by atoms with E-state index in [0.29, 0.717) is 12.6 Å². The summed E-state index contributed by atoms with van der Waals surface area (Å²) in [5, 5.41) is 0. The van der Waals surface area contributed by atoms with Crippen molar-refractivity contribution < 1.29 is 0 Å². The third kappa shape index (κ3) is 2.97. The smallest absolute Gasteiger partial charge is 0.225 e. The minimum Gasteiger partial charge on any atom is -0.337 e. The number of nitrogens with zero attached hydrogens (tertiary/aromatic N) is 4. The molecular formula is C13H23N5. The second kappa shape index (κ2) is 6.11. The highest BCUT2D eigenvalue weighted by Gasteiger charge is 2.23. The van der Waals surface area contributed by atoms with Crippen molar-refractivity contribution in [2.45, 2.75) is 32.4 Å². The van der Waals surface area contributed by atoms with Crippen LogP contribution in [0.2, 0.25) is 0 Å². The van der Waals surface area contributed by atoms with Crippen molar-refractivity contribution in [3.8, 4) is 0 Å². The van der Waals surface area contributed by atoms with E-state index in [4.69, 9.17) is 5.73 Å². The monoisotopic (exact) mass is 249 g/mol. The average Bonchev–Trinajstić information content (AvgIpc) is 2.60. The van der Waals surface area contributed by atoms with Gasteiger partial charge in [0.1, 0.15) is 0 Å². The van der Waals surface area contributed by atoms with Gasteiger partial charge < -0.3 is 15.5 Å². The Labute approximate surface area is 109 Å². The minimum atomic E-state index is 0.472. The maximum absolute atomic E-state index is 5.65. The maximum Gasteiger partial charge on any atom is 0.225 e. The van der Waals surface area contributed by atoms with E-state index in [1.54, 1.807) is 0 Å². The molecule has 1 saturated heterocycles. The van der Waals surface area contributed by atoms with Crippen LogP contribution in [0.15, 0.2) is 12.3 Å². The number of anilines is 1. The first kappa shape index (κ1) is 13.2. The van der Waals surface area contributed by atoms with Crippen LogP contribution in [0.5, 0.6) is 0 Å². The molecule has 1 unspecified atom stereocenters. The number of nitrogens with two attached hydrogens (primary N) is 1. The third-order valence-electron chi connectivity index (χ3n) is 3.54. The van der Waals surface area contributed by atoms with Gasteiger partial charge in [-0.1, -0.05) is 6.92 Å². The molecule has 1 aliphatic heterocycles. The molecular weight excluding hydrogens is 226 g/mol. The van der Waals surface area contributed by atoms with Gasteiger partial charge in [-0.05, 0) is 32.5 Å². The molecule has 5 heteroatoms. The second-order valence-corrected chi connectivity index (χ2v) is 4.92. The molecule has 18 heavy (non-hydrogen) atoms. The molecule has 1 aliphatic rings. The first-order valence-electron chi connectivity index (χ1n) is 6.71.